The Balaban J connectivity index is 1.85. The summed E-state index contributed by atoms with van der Waals surface area (Å²) in [7, 11) is -3.58. The molecule has 0 bridgehead atoms. The largest absolute Gasteiger partial charge is 0.435 e. The highest BCUT2D eigenvalue weighted by molar-refractivity contribution is 7.58. The van der Waals surface area contributed by atoms with Crippen LogP contribution in [0.1, 0.15) is 233 Å². The van der Waals surface area contributed by atoms with Gasteiger partial charge in [-0.2, -0.15) is 0 Å². The van der Waals surface area contributed by atoms with Gasteiger partial charge in [0.05, 0.1) is 10.6 Å². The van der Waals surface area contributed by atoms with Crippen molar-refractivity contribution in [1.29, 1.82) is 0 Å². The molecule has 0 saturated carbocycles. The van der Waals surface area contributed by atoms with Gasteiger partial charge < -0.3 is 18.1 Å². The molecule has 0 aliphatic rings. The van der Waals surface area contributed by atoms with Crippen molar-refractivity contribution in [2.75, 3.05) is 0 Å². The van der Waals surface area contributed by atoms with Crippen LogP contribution in [0, 0.1) is 27.7 Å². The van der Waals surface area contributed by atoms with Gasteiger partial charge in [-0.05, 0) is 158 Å². The molecule has 0 heterocycles. The Bertz CT molecular complexity index is 2400. The zero-order chi connectivity index (χ0) is 54.9. The van der Waals surface area contributed by atoms with Crippen molar-refractivity contribution in [2.45, 2.75) is 237 Å². The Morgan fingerprint density at radius 3 is 0.597 bits per heavy atom. The quantitative estimate of drug-likeness (QED) is 0.131. The molecule has 6 heteroatoms. The minimum absolute atomic E-state index is 0.0415. The van der Waals surface area contributed by atoms with E-state index >= 15 is 0 Å². The van der Waals surface area contributed by atoms with Crippen molar-refractivity contribution in [3.05, 3.63) is 140 Å². The minimum atomic E-state index is -1.79. The van der Waals surface area contributed by atoms with E-state index in [1.807, 2.05) is 0 Å². The first-order chi connectivity index (χ1) is 32.4. The Morgan fingerprint density at radius 2 is 0.431 bits per heavy atom. The summed E-state index contributed by atoms with van der Waals surface area (Å²) in [6.07, 6.45) is 0. The summed E-state index contributed by atoms with van der Waals surface area (Å²) in [5.74, 6) is 3.36. The molecule has 0 amide bonds. The SMILES string of the molecule is Cc1cc(OP(Oc2cc(C)c(C(C)(C)C)cc2C(C)(C)C)c2cccc(P(Oc3cc(C)c(C(C)(C)C)cc3C(C)(C)C)Oc3cc(C)c(C(C)(C)C)cc3C(C)(C)C)c2)c(C(C)(C)C)cc1C(C)(C)C. The number of benzene rings is 5. The number of hydrogen-bond acceptors (Lipinski definition) is 4. The number of hydrogen-bond donors (Lipinski definition) is 0. The monoisotopic (exact) mass is 1010 g/mol. The smallest absolute Gasteiger partial charge is 0.326 e. The van der Waals surface area contributed by atoms with Gasteiger partial charge in [0.25, 0.3) is 0 Å². The third-order valence-corrected chi connectivity index (χ3v) is 16.6. The normalized spacial score (nSPS) is 13.5. The van der Waals surface area contributed by atoms with Crippen molar-refractivity contribution in [3.8, 4) is 23.0 Å². The second-order valence-electron chi connectivity index (χ2n) is 29.1. The molecule has 0 atom stereocenters. The highest BCUT2D eigenvalue weighted by atomic mass is 31.2. The molecule has 0 radical (unpaired) electrons. The highest BCUT2D eigenvalue weighted by Gasteiger charge is 2.35. The van der Waals surface area contributed by atoms with E-state index in [4.69, 9.17) is 18.1 Å². The van der Waals surface area contributed by atoms with Crippen LogP contribution in [-0.2, 0) is 43.3 Å². The molecule has 394 valence electrons. The molecular weight excluding hydrogens is 919 g/mol. The number of aryl methyl sites for hydroxylation is 4. The molecule has 4 nitrogen and oxygen atoms in total. The summed E-state index contributed by atoms with van der Waals surface area (Å²) in [5.41, 5.74) is 13.7. The standard InChI is InChI=1S/C66H96O4P2/c1-41-32-55(51(63(17,18)19)37-47(41)59(5,6)7)67-71(68-56-33-42(2)48(60(8,9)10)38-52(56)64(20,21)22)45-30-29-31-46(36-45)72(69-57-34-43(3)49(61(11,12)13)39-53(57)65(23,24)25)70-58-35-44(4)50(62(14,15)16)40-54(58)66(26,27)28/h29-40H,1-28H3. The Labute approximate surface area is 443 Å². The summed E-state index contributed by atoms with van der Waals surface area (Å²) >= 11 is 0. The maximum atomic E-state index is 7.50. The van der Waals surface area contributed by atoms with E-state index in [0.29, 0.717) is 0 Å². The molecule has 0 aromatic heterocycles. The van der Waals surface area contributed by atoms with E-state index < -0.39 is 16.8 Å². The maximum Gasteiger partial charge on any atom is 0.326 e. The fraction of sp³-hybridized carbons (Fsp3) is 0.545. The molecule has 0 N–H and O–H groups in total. The molecule has 0 aliphatic carbocycles. The van der Waals surface area contributed by atoms with Crippen LogP contribution in [0.3, 0.4) is 0 Å². The number of rotatable bonds is 10. The topological polar surface area (TPSA) is 36.9 Å². The molecule has 0 unspecified atom stereocenters. The molecular formula is C66H96O4P2. The van der Waals surface area contributed by atoms with Gasteiger partial charge in [0, 0.05) is 22.3 Å². The molecule has 0 saturated heterocycles. The summed E-state index contributed by atoms with van der Waals surface area (Å²) < 4.78 is 30.0. The van der Waals surface area contributed by atoms with E-state index in [2.05, 4.69) is 267 Å². The van der Waals surface area contributed by atoms with Gasteiger partial charge in [-0.3, -0.25) is 0 Å². The summed E-state index contributed by atoms with van der Waals surface area (Å²) in [6, 6.07) is 27.2. The van der Waals surface area contributed by atoms with Gasteiger partial charge in [0.2, 0.25) is 0 Å². The Morgan fingerprint density at radius 1 is 0.250 bits per heavy atom. The second-order valence-corrected chi connectivity index (χ2v) is 31.8. The predicted molar refractivity (Wildman–Crippen MR) is 316 cm³/mol. The van der Waals surface area contributed by atoms with Gasteiger partial charge >= 0.3 is 16.8 Å². The van der Waals surface area contributed by atoms with Crippen LogP contribution >= 0.6 is 16.8 Å². The second kappa shape index (κ2) is 20.4. The van der Waals surface area contributed by atoms with Crippen LogP contribution in [0.2, 0.25) is 0 Å². The fourth-order valence-electron chi connectivity index (χ4n) is 9.93. The van der Waals surface area contributed by atoms with Crippen LogP contribution in [-0.4, -0.2) is 0 Å². The summed E-state index contributed by atoms with van der Waals surface area (Å²) in [4.78, 5) is 0. The Hall–Kier alpha value is -3.84. The zero-order valence-corrected chi connectivity index (χ0v) is 52.2. The van der Waals surface area contributed by atoms with Crippen LogP contribution < -0.4 is 28.7 Å². The molecule has 0 fully saturated rings. The molecule has 5 rings (SSSR count). The molecule has 5 aromatic carbocycles. The van der Waals surface area contributed by atoms with Gasteiger partial charge in [0.1, 0.15) is 23.0 Å². The minimum Gasteiger partial charge on any atom is -0.435 e. The van der Waals surface area contributed by atoms with Crippen LogP contribution in [0.5, 0.6) is 23.0 Å². The van der Waals surface area contributed by atoms with Crippen molar-refractivity contribution in [2.24, 2.45) is 0 Å². The van der Waals surface area contributed by atoms with Crippen LogP contribution in [0.15, 0.2) is 72.8 Å². The first kappa shape index (κ1) is 59.0. The lowest BCUT2D eigenvalue weighted by Gasteiger charge is -2.32. The van der Waals surface area contributed by atoms with E-state index in [1.54, 1.807) is 0 Å². The average molecular weight is 1020 g/mol. The lowest BCUT2D eigenvalue weighted by molar-refractivity contribution is 0.465. The van der Waals surface area contributed by atoms with Gasteiger partial charge in [-0.15, -0.1) is 0 Å². The first-order valence-corrected chi connectivity index (χ1v) is 28.8. The van der Waals surface area contributed by atoms with Gasteiger partial charge in [-0.25, -0.2) is 0 Å². The molecule has 0 spiro atoms. The van der Waals surface area contributed by atoms with E-state index in [1.165, 1.54) is 44.5 Å². The maximum absolute atomic E-state index is 7.50. The van der Waals surface area contributed by atoms with Crippen molar-refractivity contribution < 1.29 is 18.1 Å². The van der Waals surface area contributed by atoms with E-state index in [9.17, 15) is 0 Å². The van der Waals surface area contributed by atoms with Crippen LogP contribution in [0.25, 0.3) is 0 Å². The van der Waals surface area contributed by atoms with Crippen molar-refractivity contribution in [1.82, 2.24) is 0 Å². The van der Waals surface area contributed by atoms with Gasteiger partial charge in [-0.1, -0.05) is 197 Å². The average Bonchev–Trinajstić information content (AvgIpc) is 3.16. The summed E-state index contributed by atoms with van der Waals surface area (Å²) in [6.45, 7) is 63.6. The fourth-order valence-corrected chi connectivity index (χ4v) is 12.8. The third-order valence-electron chi connectivity index (χ3n) is 13.7. The Kier molecular flexibility index (Phi) is 16.7. The molecule has 5 aromatic rings. The molecule has 0 aliphatic heterocycles. The molecule has 72 heavy (non-hydrogen) atoms. The van der Waals surface area contributed by atoms with Crippen molar-refractivity contribution in [3.63, 3.8) is 0 Å². The van der Waals surface area contributed by atoms with E-state index in [0.717, 1.165) is 55.9 Å². The zero-order valence-electron chi connectivity index (χ0n) is 50.5. The van der Waals surface area contributed by atoms with Crippen LogP contribution in [0.4, 0.5) is 0 Å². The predicted octanol–water partition coefficient (Wildman–Crippen LogP) is 19.5. The van der Waals surface area contributed by atoms with Crippen molar-refractivity contribution >= 4 is 27.4 Å². The van der Waals surface area contributed by atoms with E-state index in [-0.39, 0.29) is 43.3 Å². The lowest BCUT2D eigenvalue weighted by Crippen LogP contribution is -2.23. The van der Waals surface area contributed by atoms with Gasteiger partial charge in [0.15, 0.2) is 0 Å². The third kappa shape index (κ3) is 13.9. The highest BCUT2D eigenvalue weighted by Crippen LogP contribution is 2.51. The lowest BCUT2D eigenvalue weighted by atomic mass is 9.78. The summed E-state index contributed by atoms with van der Waals surface area (Å²) in [5, 5.41) is 1.87. The first-order valence-electron chi connectivity index (χ1n) is 26.4.